The van der Waals surface area contributed by atoms with Crippen molar-refractivity contribution >= 4 is 11.6 Å². The molecule has 0 bridgehead atoms. The molecule has 0 atom stereocenters. The molecule has 2 rings (SSSR count). The Morgan fingerprint density at radius 1 is 1.05 bits per heavy atom. The molecule has 0 aliphatic rings. The smallest absolute Gasteiger partial charge is 0.251 e. The fourth-order valence-electron chi connectivity index (χ4n) is 1.72. The fourth-order valence-corrected chi connectivity index (χ4v) is 1.72. The SMILES string of the molecule is Nc1ccc(CCNC(=O)c2ccc(O)cc2)cc1. The highest BCUT2D eigenvalue weighted by Crippen LogP contribution is 2.09. The molecule has 4 nitrogen and oxygen atoms in total. The van der Waals surface area contributed by atoms with Gasteiger partial charge in [0.1, 0.15) is 5.75 Å². The molecule has 0 unspecified atom stereocenters. The lowest BCUT2D eigenvalue weighted by atomic mass is 10.1. The molecule has 0 saturated heterocycles. The Kier molecular flexibility index (Phi) is 4.03. The molecule has 0 aliphatic heterocycles. The first-order valence-electron chi connectivity index (χ1n) is 6.07. The van der Waals surface area contributed by atoms with Gasteiger partial charge in [0.2, 0.25) is 0 Å². The number of amides is 1. The van der Waals surface area contributed by atoms with E-state index in [0.29, 0.717) is 12.1 Å². The van der Waals surface area contributed by atoms with E-state index in [2.05, 4.69) is 5.32 Å². The van der Waals surface area contributed by atoms with Crippen LogP contribution in [0.5, 0.6) is 5.75 Å². The average molecular weight is 256 g/mol. The second-order valence-electron chi connectivity index (χ2n) is 4.29. The monoisotopic (exact) mass is 256 g/mol. The zero-order valence-electron chi connectivity index (χ0n) is 10.5. The van der Waals surface area contributed by atoms with E-state index in [1.54, 1.807) is 12.1 Å². The molecule has 4 heteroatoms. The van der Waals surface area contributed by atoms with Crippen LogP contribution in [0.25, 0.3) is 0 Å². The van der Waals surface area contributed by atoms with Gasteiger partial charge in [-0.05, 0) is 48.4 Å². The van der Waals surface area contributed by atoms with Gasteiger partial charge >= 0.3 is 0 Å². The third-order valence-corrected chi connectivity index (χ3v) is 2.81. The lowest BCUT2D eigenvalue weighted by Crippen LogP contribution is -2.25. The van der Waals surface area contributed by atoms with Crippen molar-refractivity contribution in [2.75, 3.05) is 12.3 Å². The van der Waals surface area contributed by atoms with Crippen molar-refractivity contribution in [2.24, 2.45) is 0 Å². The Balaban J connectivity index is 1.84. The Morgan fingerprint density at radius 2 is 1.68 bits per heavy atom. The van der Waals surface area contributed by atoms with Gasteiger partial charge in [-0.3, -0.25) is 4.79 Å². The normalized spacial score (nSPS) is 10.1. The second-order valence-corrected chi connectivity index (χ2v) is 4.29. The predicted molar refractivity (Wildman–Crippen MR) is 75.0 cm³/mol. The lowest BCUT2D eigenvalue weighted by Gasteiger charge is -2.06. The summed E-state index contributed by atoms with van der Waals surface area (Å²) in [5.41, 5.74) is 8.00. The van der Waals surface area contributed by atoms with Crippen LogP contribution >= 0.6 is 0 Å². The number of nitrogens with one attached hydrogen (secondary N) is 1. The van der Waals surface area contributed by atoms with Crippen LogP contribution < -0.4 is 11.1 Å². The Hall–Kier alpha value is -2.49. The summed E-state index contributed by atoms with van der Waals surface area (Å²) in [5.74, 6) is 0.00821. The van der Waals surface area contributed by atoms with Gasteiger partial charge in [-0.25, -0.2) is 0 Å². The minimum atomic E-state index is -0.143. The van der Waals surface area contributed by atoms with Gasteiger partial charge in [0.15, 0.2) is 0 Å². The molecule has 2 aromatic carbocycles. The molecule has 19 heavy (non-hydrogen) atoms. The van der Waals surface area contributed by atoms with E-state index in [-0.39, 0.29) is 11.7 Å². The van der Waals surface area contributed by atoms with E-state index in [4.69, 9.17) is 10.8 Å². The Morgan fingerprint density at radius 3 is 2.32 bits per heavy atom. The first kappa shape index (κ1) is 13.0. The summed E-state index contributed by atoms with van der Waals surface area (Å²) in [7, 11) is 0. The summed E-state index contributed by atoms with van der Waals surface area (Å²) in [4.78, 5) is 11.8. The van der Waals surface area contributed by atoms with Gasteiger partial charge in [-0.2, -0.15) is 0 Å². The molecule has 0 aromatic heterocycles. The number of rotatable bonds is 4. The molecule has 0 spiro atoms. The molecule has 2 aromatic rings. The number of nitrogen functional groups attached to an aromatic ring is 1. The minimum Gasteiger partial charge on any atom is -0.508 e. The van der Waals surface area contributed by atoms with Crippen LogP contribution in [-0.4, -0.2) is 17.6 Å². The molecule has 1 amide bonds. The van der Waals surface area contributed by atoms with Crippen molar-refractivity contribution in [2.45, 2.75) is 6.42 Å². The van der Waals surface area contributed by atoms with E-state index >= 15 is 0 Å². The summed E-state index contributed by atoms with van der Waals surface area (Å²) in [6, 6.07) is 13.8. The first-order valence-corrected chi connectivity index (χ1v) is 6.07. The fraction of sp³-hybridized carbons (Fsp3) is 0.133. The van der Waals surface area contributed by atoms with Crippen LogP contribution in [0, 0.1) is 0 Å². The van der Waals surface area contributed by atoms with Gasteiger partial charge in [0.05, 0.1) is 0 Å². The largest absolute Gasteiger partial charge is 0.508 e. The van der Waals surface area contributed by atoms with Crippen LogP contribution in [-0.2, 0) is 6.42 Å². The number of phenols is 1. The van der Waals surface area contributed by atoms with Crippen molar-refractivity contribution in [3.8, 4) is 5.75 Å². The van der Waals surface area contributed by atoms with Crippen molar-refractivity contribution in [3.63, 3.8) is 0 Å². The summed E-state index contributed by atoms with van der Waals surface area (Å²) in [6.45, 7) is 0.559. The van der Waals surface area contributed by atoms with Crippen LogP contribution in [0.1, 0.15) is 15.9 Å². The maximum absolute atomic E-state index is 11.8. The molecule has 0 radical (unpaired) electrons. The number of nitrogens with two attached hydrogens (primary N) is 1. The lowest BCUT2D eigenvalue weighted by molar-refractivity contribution is 0.0954. The third-order valence-electron chi connectivity index (χ3n) is 2.81. The highest BCUT2D eigenvalue weighted by Gasteiger charge is 2.04. The molecular formula is C15H16N2O2. The van der Waals surface area contributed by atoms with E-state index in [1.807, 2.05) is 24.3 Å². The van der Waals surface area contributed by atoms with Crippen LogP contribution in [0.2, 0.25) is 0 Å². The van der Waals surface area contributed by atoms with E-state index < -0.39 is 0 Å². The number of anilines is 1. The van der Waals surface area contributed by atoms with Crippen molar-refractivity contribution < 1.29 is 9.90 Å². The average Bonchev–Trinajstić information content (AvgIpc) is 2.41. The number of carbonyl (C=O) groups excluding carboxylic acids is 1. The van der Waals surface area contributed by atoms with Gasteiger partial charge in [-0.15, -0.1) is 0 Å². The number of aromatic hydroxyl groups is 1. The maximum Gasteiger partial charge on any atom is 0.251 e. The van der Waals surface area contributed by atoms with Crippen molar-refractivity contribution in [1.82, 2.24) is 5.32 Å². The Labute approximate surface area is 111 Å². The molecule has 0 saturated carbocycles. The van der Waals surface area contributed by atoms with E-state index in [9.17, 15) is 4.79 Å². The molecular weight excluding hydrogens is 240 g/mol. The number of carbonyl (C=O) groups is 1. The van der Waals surface area contributed by atoms with Gasteiger partial charge in [-0.1, -0.05) is 12.1 Å². The topological polar surface area (TPSA) is 75.3 Å². The van der Waals surface area contributed by atoms with Crippen molar-refractivity contribution in [3.05, 3.63) is 59.7 Å². The molecule has 0 heterocycles. The van der Waals surface area contributed by atoms with Crippen molar-refractivity contribution in [1.29, 1.82) is 0 Å². The highest BCUT2D eigenvalue weighted by atomic mass is 16.3. The third kappa shape index (κ3) is 3.74. The van der Waals surface area contributed by atoms with Crippen LogP contribution in [0.4, 0.5) is 5.69 Å². The van der Waals surface area contributed by atoms with E-state index in [0.717, 1.165) is 17.7 Å². The number of hydrogen-bond acceptors (Lipinski definition) is 3. The minimum absolute atomic E-state index is 0.143. The van der Waals surface area contributed by atoms with Crippen LogP contribution in [0.3, 0.4) is 0 Å². The molecule has 4 N–H and O–H groups in total. The van der Waals surface area contributed by atoms with Gasteiger partial charge < -0.3 is 16.2 Å². The van der Waals surface area contributed by atoms with E-state index in [1.165, 1.54) is 12.1 Å². The predicted octanol–water partition coefficient (Wildman–Crippen LogP) is 1.95. The van der Waals surface area contributed by atoms with Gasteiger partial charge in [0.25, 0.3) is 5.91 Å². The summed E-state index contributed by atoms with van der Waals surface area (Å²) >= 11 is 0. The summed E-state index contributed by atoms with van der Waals surface area (Å²) < 4.78 is 0. The molecule has 98 valence electrons. The highest BCUT2D eigenvalue weighted by molar-refractivity contribution is 5.94. The molecule has 0 aliphatic carbocycles. The second kappa shape index (κ2) is 5.91. The maximum atomic E-state index is 11.8. The first-order chi connectivity index (χ1) is 9.15. The zero-order chi connectivity index (χ0) is 13.7. The van der Waals surface area contributed by atoms with Gasteiger partial charge in [0, 0.05) is 17.8 Å². The van der Waals surface area contributed by atoms with Crippen LogP contribution in [0.15, 0.2) is 48.5 Å². The summed E-state index contributed by atoms with van der Waals surface area (Å²) in [6.07, 6.45) is 0.754. The number of phenolic OH excluding ortho intramolecular Hbond substituents is 1. The Bertz CT molecular complexity index is 547. The molecule has 0 fully saturated rings. The zero-order valence-corrected chi connectivity index (χ0v) is 10.5. The number of hydrogen-bond donors (Lipinski definition) is 3. The summed E-state index contributed by atoms with van der Waals surface area (Å²) in [5, 5.41) is 12.0. The standard InChI is InChI=1S/C15H16N2O2/c16-13-5-1-11(2-6-13)9-10-17-15(19)12-3-7-14(18)8-4-12/h1-8,18H,9-10,16H2,(H,17,19). The quantitative estimate of drug-likeness (QED) is 0.732. The number of benzene rings is 2.